The molecule has 0 saturated carbocycles. The number of hydrogen-bond acceptors (Lipinski definition) is 2. The van der Waals surface area contributed by atoms with Gasteiger partial charge in [0.25, 0.3) is 5.24 Å². The van der Waals surface area contributed by atoms with Gasteiger partial charge in [-0.1, -0.05) is 0 Å². The molecule has 0 radical (unpaired) electrons. The standard InChI is InChI=1S/C5HBr2ClO2/c6-2-1-3(5(8)9)10-4(2)7/h1H. The molecule has 0 aliphatic rings. The average Bonchev–Trinajstić information content (AvgIpc) is 2.13. The van der Waals surface area contributed by atoms with E-state index in [9.17, 15) is 4.79 Å². The van der Waals surface area contributed by atoms with Gasteiger partial charge in [0.2, 0.25) is 0 Å². The third-order valence-electron chi connectivity index (χ3n) is 0.839. The fourth-order valence-electron chi connectivity index (χ4n) is 0.443. The second-order valence-corrected chi connectivity index (χ2v) is 3.42. The van der Waals surface area contributed by atoms with Gasteiger partial charge in [-0.05, 0) is 43.5 Å². The topological polar surface area (TPSA) is 30.2 Å². The van der Waals surface area contributed by atoms with E-state index >= 15 is 0 Å². The van der Waals surface area contributed by atoms with Gasteiger partial charge < -0.3 is 4.42 Å². The van der Waals surface area contributed by atoms with Crippen LogP contribution in [-0.2, 0) is 0 Å². The summed E-state index contributed by atoms with van der Waals surface area (Å²) in [4.78, 5) is 10.4. The van der Waals surface area contributed by atoms with E-state index in [2.05, 4.69) is 31.9 Å². The summed E-state index contributed by atoms with van der Waals surface area (Å²) >= 11 is 11.3. The lowest BCUT2D eigenvalue weighted by Crippen LogP contribution is -1.81. The van der Waals surface area contributed by atoms with Crippen molar-refractivity contribution in [1.29, 1.82) is 0 Å². The number of hydrogen-bond donors (Lipinski definition) is 0. The van der Waals surface area contributed by atoms with Crippen molar-refractivity contribution >= 4 is 48.7 Å². The van der Waals surface area contributed by atoms with Gasteiger partial charge in [-0.3, -0.25) is 4.79 Å². The number of rotatable bonds is 1. The summed E-state index contributed by atoms with van der Waals surface area (Å²) in [5, 5.41) is -0.605. The van der Waals surface area contributed by atoms with E-state index in [-0.39, 0.29) is 5.76 Å². The van der Waals surface area contributed by atoms with E-state index < -0.39 is 5.24 Å². The molecule has 2 nitrogen and oxygen atoms in total. The van der Waals surface area contributed by atoms with Crippen molar-refractivity contribution in [3.05, 3.63) is 21.0 Å². The maximum absolute atomic E-state index is 10.4. The maximum atomic E-state index is 10.4. The smallest absolute Gasteiger partial charge is 0.287 e. The molecule has 0 atom stereocenters. The summed E-state index contributed by atoms with van der Waals surface area (Å²) in [6.45, 7) is 0. The molecule has 1 heterocycles. The van der Waals surface area contributed by atoms with Gasteiger partial charge in [0.05, 0.1) is 4.47 Å². The molecule has 0 aromatic carbocycles. The highest BCUT2D eigenvalue weighted by molar-refractivity contribution is 9.13. The van der Waals surface area contributed by atoms with E-state index in [1.165, 1.54) is 6.07 Å². The molecule has 54 valence electrons. The highest BCUT2D eigenvalue weighted by Gasteiger charge is 2.10. The van der Waals surface area contributed by atoms with E-state index in [0.717, 1.165) is 0 Å². The monoisotopic (exact) mass is 286 g/mol. The lowest BCUT2D eigenvalue weighted by molar-refractivity contribution is 0.105. The van der Waals surface area contributed by atoms with Gasteiger partial charge >= 0.3 is 0 Å². The van der Waals surface area contributed by atoms with E-state index in [0.29, 0.717) is 9.14 Å². The van der Waals surface area contributed by atoms with Crippen molar-refractivity contribution in [2.24, 2.45) is 0 Å². The molecule has 0 unspecified atom stereocenters. The largest absolute Gasteiger partial charge is 0.444 e. The van der Waals surface area contributed by atoms with Crippen molar-refractivity contribution < 1.29 is 9.21 Å². The minimum atomic E-state index is -0.605. The fraction of sp³-hybridized carbons (Fsp3) is 0. The first-order chi connectivity index (χ1) is 4.61. The Morgan fingerprint density at radius 1 is 1.60 bits per heavy atom. The first kappa shape index (κ1) is 8.30. The van der Waals surface area contributed by atoms with Gasteiger partial charge in [0.1, 0.15) is 0 Å². The van der Waals surface area contributed by atoms with Crippen molar-refractivity contribution in [2.75, 3.05) is 0 Å². The fourth-order valence-corrected chi connectivity index (χ4v) is 1.11. The van der Waals surface area contributed by atoms with Crippen LogP contribution in [0, 0.1) is 0 Å². The number of halogens is 3. The van der Waals surface area contributed by atoms with Crippen LogP contribution in [0.4, 0.5) is 0 Å². The molecule has 1 aromatic rings. The summed E-state index contributed by atoms with van der Waals surface area (Å²) in [7, 11) is 0. The predicted molar refractivity (Wildman–Crippen MR) is 44.3 cm³/mol. The second-order valence-electron chi connectivity index (χ2n) is 1.51. The molecule has 10 heavy (non-hydrogen) atoms. The van der Waals surface area contributed by atoms with Crippen molar-refractivity contribution in [2.45, 2.75) is 0 Å². The molecule has 0 saturated heterocycles. The van der Waals surface area contributed by atoms with Gasteiger partial charge in [-0.25, -0.2) is 0 Å². The van der Waals surface area contributed by atoms with Crippen LogP contribution in [0.1, 0.15) is 10.6 Å². The average molecular weight is 288 g/mol. The molecule has 1 rings (SSSR count). The van der Waals surface area contributed by atoms with E-state index in [4.69, 9.17) is 16.0 Å². The zero-order valence-corrected chi connectivity index (χ0v) is 8.46. The Morgan fingerprint density at radius 3 is 2.40 bits per heavy atom. The SMILES string of the molecule is O=C(Cl)c1cc(Br)c(Br)o1. The Bertz CT molecular complexity index is 249. The Hall–Kier alpha value is 0.200. The van der Waals surface area contributed by atoms with E-state index in [1.54, 1.807) is 0 Å². The Labute approximate surface area is 78.8 Å². The summed E-state index contributed by atoms with van der Waals surface area (Å²) in [6, 6.07) is 1.50. The second kappa shape index (κ2) is 3.07. The van der Waals surface area contributed by atoms with Crippen LogP contribution >= 0.6 is 43.5 Å². The molecule has 5 heteroatoms. The minimum absolute atomic E-state index is 0.125. The Balaban J connectivity index is 3.10. The molecular weight excluding hydrogens is 287 g/mol. The van der Waals surface area contributed by atoms with Crippen LogP contribution in [-0.4, -0.2) is 5.24 Å². The molecule has 0 fully saturated rings. The maximum Gasteiger partial charge on any atom is 0.287 e. The van der Waals surface area contributed by atoms with Crippen LogP contribution in [0.3, 0.4) is 0 Å². The summed E-state index contributed by atoms with van der Waals surface area (Å²) in [5.74, 6) is 0.125. The Kier molecular flexibility index (Phi) is 2.55. The number of carbonyl (C=O) groups is 1. The van der Waals surface area contributed by atoms with Gasteiger partial charge in [-0.15, -0.1) is 0 Å². The summed E-state index contributed by atoms with van der Waals surface area (Å²) in [6.07, 6.45) is 0. The van der Waals surface area contributed by atoms with E-state index in [1.807, 2.05) is 0 Å². The van der Waals surface area contributed by atoms with Crippen LogP contribution in [0.2, 0.25) is 0 Å². The summed E-state index contributed by atoms with van der Waals surface area (Å²) in [5.41, 5.74) is 0. The highest BCUT2D eigenvalue weighted by atomic mass is 79.9. The first-order valence-corrected chi connectivity index (χ1v) is 4.22. The first-order valence-electron chi connectivity index (χ1n) is 2.26. The lowest BCUT2D eigenvalue weighted by atomic mass is 10.5. The van der Waals surface area contributed by atoms with Crippen LogP contribution in [0.25, 0.3) is 0 Å². The number of carbonyl (C=O) groups excluding carboxylic acids is 1. The normalized spacial score (nSPS) is 9.90. The quantitative estimate of drug-likeness (QED) is 0.743. The molecule has 0 N–H and O–H groups in total. The van der Waals surface area contributed by atoms with Gasteiger partial charge in [-0.2, -0.15) is 0 Å². The van der Waals surface area contributed by atoms with Crippen LogP contribution < -0.4 is 0 Å². The number of furan rings is 1. The molecule has 0 bridgehead atoms. The van der Waals surface area contributed by atoms with Crippen molar-refractivity contribution in [1.82, 2.24) is 0 Å². The zero-order chi connectivity index (χ0) is 7.72. The molecule has 0 spiro atoms. The molecule has 1 aromatic heterocycles. The Morgan fingerprint density at radius 2 is 2.20 bits per heavy atom. The van der Waals surface area contributed by atoms with Gasteiger partial charge in [0.15, 0.2) is 10.4 Å². The van der Waals surface area contributed by atoms with Crippen LogP contribution in [0.15, 0.2) is 19.6 Å². The third kappa shape index (κ3) is 1.62. The third-order valence-corrected chi connectivity index (χ3v) is 2.74. The van der Waals surface area contributed by atoms with Crippen molar-refractivity contribution in [3.8, 4) is 0 Å². The molecule has 0 aliphatic heterocycles. The predicted octanol–water partition coefficient (Wildman–Crippen LogP) is 3.18. The van der Waals surface area contributed by atoms with Gasteiger partial charge in [0, 0.05) is 6.07 Å². The minimum Gasteiger partial charge on any atom is -0.444 e. The summed E-state index contributed by atoms with van der Waals surface area (Å²) < 4.78 is 6.01. The highest BCUT2D eigenvalue weighted by Crippen LogP contribution is 2.27. The lowest BCUT2D eigenvalue weighted by Gasteiger charge is -1.80. The zero-order valence-electron chi connectivity index (χ0n) is 4.53. The van der Waals surface area contributed by atoms with Crippen molar-refractivity contribution in [3.63, 3.8) is 0 Å². The molecular formula is C5HBr2ClO2. The molecule has 0 aliphatic carbocycles. The van der Waals surface area contributed by atoms with Crippen LogP contribution in [0.5, 0.6) is 0 Å². The molecule has 0 amide bonds.